The lowest BCUT2D eigenvalue weighted by Crippen LogP contribution is -2.09. The van der Waals surface area contributed by atoms with Gasteiger partial charge < -0.3 is 18.6 Å². The SMILES string of the molecule is COc1ccc(-c2cc(=O)c3ccc(OC(C)=O)c(OC(C)=O)c3o2)cc1. The molecule has 2 aromatic carbocycles. The van der Waals surface area contributed by atoms with Gasteiger partial charge in [0.15, 0.2) is 16.8 Å². The number of hydrogen-bond acceptors (Lipinski definition) is 7. The predicted octanol–water partition coefficient (Wildman–Crippen LogP) is 3.32. The van der Waals surface area contributed by atoms with Crippen molar-refractivity contribution < 1.29 is 28.2 Å². The van der Waals surface area contributed by atoms with Gasteiger partial charge in [-0.05, 0) is 36.4 Å². The van der Waals surface area contributed by atoms with Gasteiger partial charge in [0, 0.05) is 25.5 Å². The highest BCUT2D eigenvalue weighted by atomic mass is 16.6. The van der Waals surface area contributed by atoms with Crippen molar-refractivity contribution >= 4 is 22.9 Å². The third-order valence-electron chi connectivity index (χ3n) is 3.69. The lowest BCUT2D eigenvalue weighted by Gasteiger charge is -2.11. The number of hydrogen-bond donors (Lipinski definition) is 0. The molecular formula is C20H16O7. The fraction of sp³-hybridized carbons (Fsp3) is 0.150. The van der Waals surface area contributed by atoms with Crippen LogP contribution in [0.2, 0.25) is 0 Å². The van der Waals surface area contributed by atoms with E-state index >= 15 is 0 Å². The summed E-state index contributed by atoms with van der Waals surface area (Å²) in [6.07, 6.45) is 0. The molecule has 1 heterocycles. The second-order valence-electron chi connectivity index (χ2n) is 5.66. The van der Waals surface area contributed by atoms with Crippen molar-refractivity contribution in [2.45, 2.75) is 13.8 Å². The van der Waals surface area contributed by atoms with Crippen LogP contribution in [0.5, 0.6) is 17.2 Å². The van der Waals surface area contributed by atoms with Crippen molar-refractivity contribution in [2.75, 3.05) is 7.11 Å². The number of ether oxygens (including phenoxy) is 3. The lowest BCUT2D eigenvalue weighted by molar-refractivity contribution is -0.134. The van der Waals surface area contributed by atoms with Gasteiger partial charge in [0.05, 0.1) is 12.5 Å². The molecule has 0 spiro atoms. The topological polar surface area (TPSA) is 92.0 Å². The first-order valence-electron chi connectivity index (χ1n) is 8.01. The molecule has 0 N–H and O–H groups in total. The molecular weight excluding hydrogens is 352 g/mol. The van der Waals surface area contributed by atoms with Crippen molar-refractivity contribution in [2.24, 2.45) is 0 Å². The highest BCUT2D eigenvalue weighted by Crippen LogP contribution is 2.37. The number of carbonyl (C=O) groups is 2. The van der Waals surface area contributed by atoms with Gasteiger partial charge in [-0.25, -0.2) is 0 Å². The highest BCUT2D eigenvalue weighted by molar-refractivity contribution is 5.90. The monoisotopic (exact) mass is 368 g/mol. The van der Waals surface area contributed by atoms with E-state index in [0.717, 1.165) is 0 Å². The van der Waals surface area contributed by atoms with Gasteiger partial charge in [-0.2, -0.15) is 0 Å². The average molecular weight is 368 g/mol. The number of carbonyl (C=O) groups excluding carboxylic acids is 2. The molecule has 0 amide bonds. The van der Waals surface area contributed by atoms with Gasteiger partial charge in [0.2, 0.25) is 5.75 Å². The van der Waals surface area contributed by atoms with Gasteiger partial charge in [-0.3, -0.25) is 14.4 Å². The van der Waals surface area contributed by atoms with Crippen LogP contribution in [0.15, 0.2) is 51.7 Å². The molecule has 1 aromatic heterocycles. The van der Waals surface area contributed by atoms with Crippen LogP contribution in [0.1, 0.15) is 13.8 Å². The Labute approximate surface area is 154 Å². The summed E-state index contributed by atoms with van der Waals surface area (Å²) in [5, 5.41) is 0.194. The summed E-state index contributed by atoms with van der Waals surface area (Å²) in [4.78, 5) is 35.4. The summed E-state index contributed by atoms with van der Waals surface area (Å²) in [6.45, 7) is 2.41. The van der Waals surface area contributed by atoms with E-state index in [1.54, 1.807) is 31.4 Å². The fourth-order valence-corrected chi connectivity index (χ4v) is 2.55. The van der Waals surface area contributed by atoms with E-state index in [2.05, 4.69) is 0 Å². The molecule has 0 aliphatic carbocycles. The largest absolute Gasteiger partial charge is 0.497 e. The number of fused-ring (bicyclic) bond motifs is 1. The summed E-state index contributed by atoms with van der Waals surface area (Å²) < 4.78 is 21.2. The molecule has 0 radical (unpaired) electrons. The normalized spacial score (nSPS) is 10.5. The van der Waals surface area contributed by atoms with Crippen LogP contribution in [0.3, 0.4) is 0 Å². The molecule has 138 valence electrons. The molecule has 3 aromatic rings. The van der Waals surface area contributed by atoms with Gasteiger partial charge in [-0.1, -0.05) is 0 Å². The second kappa shape index (κ2) is 7.33. The maximum atomic E-state index is 12.5. The Morgan fingerprint density at radius 2 is 1.59 bits per heavy atom. The van der Waals surface area contributed by atoms with Gasteiger partial charge in [0.25, 0.3) is 0 Å². The smallest absolute Gasteiger partial charge is 0.308 e. The zero-order valence-electron chi connectivity index (χ0n) is 14.9. The van der Waals surface area contributed by atoms with Crippen LogP contribution >= 0.6 is 0 Å². The van der Waals surface area contributed by atoms with Crippen LogP contribution in [-0.2, 0) is 9.59 Å². The van der Waals surface area contributed by atoms with Gasteiger partial charge in [-0.15, -0.1) is 0 Å². The van der Waals surface area contributed by atoms with Crippen LogP contribution in [-0.4, -0.2) is 19.0 Å². The number of benzene rings is 2. The highest BCUT2D eigenvalue weighted by Gasteiger charge is 2.19. The van der Waals surface area contributed by atoms with Crippen molar-refractivity contribution in [1.82, 2.24) is 0 Å². The molecule has 3 rings (SSSR count). The summed E-state index contributed by atoms with van der Waals surface area (Å²) in [6, 6.07) is 11.1. The number of rotatable bonds is 4. The molecule has 0 aliphatic heterocycles. The van der Waals surface area contributed by atoms with Crippen LogP contribution < -0.4 is 19.6 Å². The minimum atomic E-state index is -0.645. The Bertz CT molecular complexity index is 1080. The Morgan fingerprint density at radius 1 is 0.926 bits per heavy atom. The van der Waals surface area contributed by atoms with E-state index in [0.29, 0.717) is 11.3 Å². The van der Waals surface area contributed by atoms with Crippen LogP contribution in [0, 0.1) is 0 Å². The van der Waals surface area contributed by atoms with E-state index in [-0.39, 0.29) is 33.7 Å². The molecule has 0 atom stereocenters. The molecule has 0 unspecified atom stereocenters. The van der Waals surface area contributed by atoms with Gasteiger partial charge >= 0.3 is 11.9 Å². The van der Waals surface area contributed by atoms with Crippen LogP contribution in [0.25, 0.3) is 22.3 Å². The van der Waals surface area contributed by atoms with Crippen molar-refractivity contribution in [3.8, 4) is 28.6 Å². The molecule has 0 saturated carbocycles. The maximum Gasteiger partial charge on any atom is 0.308 e. The van der Waals surface area contributed by atoms with E-state index < -0.39 is 11.9 Å². The molecule has 7 nitrogen and oxygen atoms in total. The van der Waals surface area contributed by atoms with E-state index in [1.807, 2.05) is 0 Å². The standard InChI is InChI=1S/C20H16O7/c1-11(21)25-17-9-8-15-16(23)10-18(13-4-6-14(24-3)7-5-13)27-19(15)20(17)26-12(2)22/h4-10H,1-3H3. The Balaban J connectivity index is 2.24. The zero-order valence-corrected chi connectivity index (χ0v) is 14.9. The quantitative estimate of drug-likeness (QED) is 0.515. The van der Waals surface area contributed by atoms with Crippen molar-refractivity contribution in [3.63, 3.8) is 0 Å². The molecule has 0 aliphatic rings. The molecule has 0 bridgehead atoms. The summed E-state index contributed by atoms with van der Waals surface area (Å²) >= 11 is 0. The summed E-state index contributed by atoms with van der Waals surface area (Å²) in [5.74, 6) is -0.462. The number of esters is 2. The third kappa shape index (κ3) is 3.82. The minimum Gasteiger partial charge on any atom is -0.497 e. The second-order valence-corrected chi connectivity index (χ2v) is 5.66. The molecule has 27 heavy (non-hydrogen) atoms. The first-order chi connectivity index (χ1) is 12.9. The zero-order chi connectivity index (χ0) is 19.6. The number of methoxy groups -OCH3 is 1. The van der Waals surface area contributed by atoms with Gasteiger partial charge in [0.1, 0.15) is 11.5 Å². The predicted molar refractivity (Wildman–Crippen MR) is 97.1 cm³/mol. The first kappa shape index (κ1) is 18.2. The Hall–Kier alpha value is -3.61. The van der Waals surface area contributed by atoms with Crippen molar-refractivity contribution in [3.05, 3.63) is 52.7 Å². The lowest BCUT2D eigenvalue weighted by atomic mass is 10.1. The molecule has 7 heteroatoms. The van der Waals surface area contributed by atoms with Crippen LogP contribution in [0.4, 0.5) is 0 Å². The summed E-state index contributed by atoms with van der Waals surface area (Å²) in [5.41, 5.74) is 0.313. The molecule has 0 saturated heterocycles. The Morgan fingerprint density at radius 3 is 2.19 bits per heavy atom. The maximum absolute atomic E-state index is 12.5. The van der Waals surface area contributed by atoms with Crippen molar-refractivity contribution in [1.29, 1.82) is 0 Å². The third-order valence-corrected chi connectivity index (χ3v) is 3.69. The fourth-order valence-electron chi connectivity index (χ4n) is 2.55. The average Bonchev–Trinajstić information content (AvgIpc) is 2.63. The Kier molecular flexibility index (Phi) is 4.94. The van der Waals surface area contributed by atoms with E-state index in [9.17, 15) is 14.4 Å². The molecule has 0 fully saturated rings. The first-order valence-corrected chi connectivity index (χ1v) is 8.01. The minimum absolute atomic E-state index is 0.0137. The van der Waals surface area contributed by atoms with E-state index in [1.165, 1.54) is 32.0 Å². The summed E-state index contributed by atoms with van der Waals surface area (Å²) in [7, 11) is 1.55. The van der Waals surface area contributed by atoms with E-state index in [4.69, 9.17) is 18.6 Å².